The topological polar surface area (TPSA) is 97.4 Å². The number of ether oxygens (including phenoxy) is 2. The molecule has 3 heterocycles. The van der Waals surface area contributed by atoms with Crippen molar-refractivity contribution in [2.45, 2.75) is 30.6 Å². The number of hydrogen-bond acceptors (Lipinski definition) is 7. The molecule has 0 aromatic heterocycles. The first-order valence-corrected chi connectivity index (χ1v) is 11.9. The fourth-order valence-electron chi connectivity index (χ4n) is 5.57. The maximum atomic E-state index is 13.9. The van der Waals surface area contributed by atoms with E-state index in [1.165, 1.54) is 12.2 Å². The second-order valence-electron chi connectivity index (χ2n) is 9.52. The number of fused-ring (bicyclic) bond motifs is 4. The number of Topliss-reactive ketones (excluding diaryl/α,β-unsaturated/α-hetero) is 1. The number of hydroxylamine groups is 1. The van der Waals surface area contributed by atoms with Gasteiger partial charge in [-0.15, -0.1) is 0 Å². The van der Waals surface area contributed by atoms with Crippen molar-refractivity contribution in [1.29, 1.82) is 0 Å². The zero-order valence-electron chi connectivity index (χ0n) is 20.5. The fraction of sp³-hybridized carbons (Fsp3) is 0.370. The van der Waals surface area contributed by atoms with Crippen molar-refractivity contribution in [1.82, 2.24) is 10.2 Å². The van der Waals surface area contributed by atoms with Gasteiger partial charge in [0.05, 0.1) is 19.4 Å². The molecule has 2 aromatic carbocycles. The Morgan fingerprint density at radius 1 is 1.17 bits per heavy atom. The standard InChI is InChI=1S/C27H29N3O6/c1-29(2)14-18-19-16-35-24(23(18)31)27(20-11-7-8-12-22(20)30(34-3)25(27)32)13-21(19)28-26(33)36-15-17-9-5-4-6-10-17/h4-12,14,19,21,24H,13,15-16H2,1-3H3,(H,28,33)/b18-14-/t19-,21-,24+,27-/m0/s1. The van der Waals surface area contributed by atoms with Crippen LogP contribution in [0.3, 0.4) is 0 Å². The van der Waals surface area contributed by atoms with Gasteiger partial charge in [-0.1, -0.05) is 48.5 Å². The first-order chi connectivity index (χ1) is 17.4. The number of rotatable bonds is 5. The predicted molar refractivity (Wildman–Crippen MR) is 131 cm³/mol. The number of nitrogens with one attached hydrogen (secondary N) is 1. The summed E-state index contributed by atoms with van der Waals surface area (Å²) >= 11 is 0. The second-order valence-corrected chi connectivity index (χ2v) is 9.52. The summed E-state index contributed by atoms with van der Waals surface area (Å²) in [6.45, 7) is 0.288. The molecule has 1 spiro atoms. The Bertz CT molecular complexity index is 1210. The van der Waals surface area contributed by atoms with Crippen LogP contribution in [0.15, 0.2) is 66.4 Å². The van der Waals surface area contributed by atoms with Gasteiger partial charge in [-0.25, -0.2) is 4.79 Å². The van der Waals surface area contributed by atoms with E-state index in [-0.39, 0.29) is 31.3 Å². The lowest BCUT2D eigenvalue weighted by atomic mass is 9.72. The molecule has 1 aliphatic carbocycles. The number of benzene rings is 2. The summed E-state index contributed by atoms with van der Waals surface area (Å²) < 4.78 is 11.6. The molecule has 188 valence electrons. The van der Waals surface area contributed by atoms with Crippen LogP contribution < -0.4 is 10.4 Å². The molecule has 2 bridgehead atoms. The molecule has 6 rings (SSSR count). The second kappa shape index (κ2) is 9.40. The molecule has 2 saturated heterocycles. The third kappa shape index (κ3) is 3.84. The molecule has 2 amide bonds. The third-order valence-corrected chi connectivity index (χ3v) is 7.11. The lowest BCUT2D eigenvalue weighted by molar-refractivity contribution is -0.146. The van der Waals surface area contributed by atoms with Gasteiger partial charge in [-0.05, 0) is 23.6 Å². The van der Waals surface area contributed by atoms with E-state index < -0.39 is 29.6 Å². The van der Waals surface area contributed by atoms with E-state index in [1.807, 2.05) is 62.6 Å². The zero-order chi connectivity index (χ0) is 25.4. The largest absolute Gasteiger partial charge is 0.445 e. The van der Waals surface area contributed by atoms with Crippen molar-refractivity contribution < 1.29 is 28.7 Å². The van der Waals surface area contributed by atoms with Crippen LogP contribution in [0, 0.1) is 5.92 Å². The molecule has 3 aliphatic heterocycles. The van der Waals surface area contributed by atoms with Crippen LogP contribution in [0.25, 0.3) is 0 Å². The Morgan fingerprint density at radius 2 is 1.89 bits per heavy atom. The molecule has 9 nitrogen and oxygen atoms in total. The zero-order valence-corrected chi connectivity index (χ0v) is 20.5. The van der Waals surface area contributed by atoms with Crippen LogP contribution in [-0.4, -0.2) is 62.6 Å². The summed E-state index contributed by atoms with van der Waals surface area (Å²) in [6.07, 6.45) is 0.254. The Morgan fingerprint density at radius 3 is 2.61 bits per heavy atom. The number of anilines is 1. The summed E-state index contributed by atoms with van der Waals surface area (Å²) in [4.78, 5) is 47.9. The van der Waals surface area contributed by atoms with Gasteiger partial charge in [0, 0.05) is 37.8 Å². The monoisotopic (exact) mass is 491 g/mol. The Labute approximate surface area is 209 Å². The van der Waals surface area contributed by atoms with Gasteiger partial charge in [-0.2, -0.15) is 5.06 Å². The maximum absolute atomic E-state index is 13.9. The number of ketones is 1. The highest BCUT2D eigenvalue weighted by Gasteiger charge is 2.65. The smallest absolute Gasteiger partial charge is 0.407 e. The average Bonchev–Trinajstić information content (AvgIpc) is 2.95. The minimum Gasteiger partial charge on any atom is -0.445 e. The van der Waals surface area contributed by atoms with E-state index in [0.29, 0.717) is 16.8 Å². The molecule has 1 N–H and O–H groups in total. The molecule has 2 aromatic rings. The number of para-hydroxylation sites is 1. The Kier molecular flexibility index (Phi) is 6.27. The van der Waals surface area contributed by atoms with Crippen LogP contribution in [0.1, 0.15) is 17.5 Å². The fourth-order valence-corrected chi connectivity index (χ4v) is 5.57. The highest BCUT2D eigenvalue weighted by atomic mass is 16.7. The SMILES string of the molecule is CON1C(=O)[C@@]2(C[C@H](NC(=O)OCc3ccccc3)[C@H]3CO[C@@H]2C(=O)/C3=C\N(C)C)c2ccccc21. The van der Waals surface area contributed by atoms with Crippen molar-refractivity contribution in [2.24, 2.45) is 5.92 Å². The minimum atomic E-state index is -1.35. The van der Waals surface area contributed by atoms with E-state index in [9.17, 15) is 14.4 Å². The van der Waals surface area contributed by atoms with E-state index in [0.717, 1.165) is 5.56 Å². The predicted octanol–water partition coefficient (Wildman–Crippen LogP) is 2.56. The number of carbonyl (C=O) groups excluding carboxylic acids is 3. The van der Waals surface area contributed by atoms with Crippen LogP contribution in [0.5, 0.6) is 0 Å². The lowest BCUT2D eigenvalue weighted by Crippen LogP contribution is -2.53. The number of amides is 2. The Hall–Kier alpha value is -3.69. The molecule has 0 unspecified atom stereocenters. The van der Waals surface area contributed by atoms with Gasteiger partial charge in [0.2, 0.25) is 0 Å². The Balaban J connectivity index is 1.54. The van der Waals surface area contributed by atoms with Gasteiger partial charge in [0.25, 0.3) is 5.91 Å². The first-order valence-electron chi connectivity index (χ1n) is 11.9. The normalized spacial score (nSPS) is 27.8. The first kappa shape index (κ1) is 24.0. The number of carbonyl (C=O) groups is 3. The van der Waals surface area contributed by atoms with Crippen molar-refractivity contribution in [3.8, 4) is 0 Å². The highest BCUT2D eigenvalue weighted by molar-refractivity contribution is 6.14. The molecular formula is C27H29N3O6. The molecule has 4 aliphatic rings. The minimum absolute atomic E-state index is 0.104. The molecule has 36 heavy (non-hydrogen) atoms. The quantitative estimate of drug-likeness (QED) is 0.642. The maximum Gasteiger partial charge on any atom is 0.407 e. The summed E-state index contributed by atoms with van der Waals surface area (Å²) in [5.74, 6) is -1.10. The van der Waals surface area contributed by atoms with Crippen LogP contribution >= 0.6 is 0 Å². The van der Waals surface area contributed by atoms with E-state index >= 15 is 0 Å². The van der Waals surface area contributed by atoms with Gasteiger partial charge >= 0.3 is 6.09 Å². The van der Waals surface area contributed by atoms with Crippen LogP contribution in [0.4, 0.5) is 10.5 Å². The van der Waals surface area contributed by atoms with Crippen molar-refractivity contribution in [3.63, 3.8) is 0 Å². The van der Waals surface area contributed by atoms with E-state index in [4.69, 9.17) is 14.3 Å². The average molecular weight is 492 g/mol. The summed E-state index contributed by atoms with van der Waals surface area (Å²) in [6, 6.07) is 16.0. The van der Waals surface area contributed by atoms with Crippen LogP contribution in [0.2, 0.25) is 0 Å². The van der Waals surface area contributed by atoms with E-state index in [2.05, 4.69) is 5.32 Å². The molecule has 3 fully saturated rings. The summed E-state index contributed by atoms with van der Waals surface area (Å²) in [5.41, 5.74) is 1.23. The van der Waals surface area contributed by atoms with Crippen molar-refractivity contribution in [3.05, 3.63) is 77.5 Å². The molecular weight excluding hydrogens is 462 g/mol. The summed E-state index contributed by atoms with van der Waals surface area (Å²) in [7, 11) is 5.07. The highest BCUT2D eigenvalue weighted by Crippen LogP contribution is 2.53. The van der Waals surface area contributed by atoms with E-state index in [1.54, 1.807) is 17.2 Å². The van der Waals surface area contributed by atoms with Gasteiger partial charge in [-0.3, -0.25) is 14.4 Å². The molecule has 9 heteroatoms. The number of nitrogens with zero attached hydrogens (tertiary/aromatic N) is 2. The van der Waals surface area contributed by atoms with Gasteiger partial charge in [0.1, 0.15) is 18.1 Å². The van der Waals surface area contributed by atoms with Gasteiger partial charge < -0.3 is 19.7 Å². The molecule has 1 saturated carbocycles. The lowest BCUT2D eigenvalue weighted by Gasteiger charge is -2.35. The summed E-state index contributed by atoms with van der Waals surface area (Å²) in [5, 5.41) is 4.16. The molecule has 0 radical (unpaired) electrons. The van der Waals surface area contributed by atoms with Crippen molar-refractivity contribution >= 4 is 23.5 Å². The van der Waals surface area contributed by atoms with Crippen LogP contribution in [-0.2, 0) is 35.9 Å². The third-order valence-electron chi connectivity index (χ3n) is 7.11. The molecule has 4 atom stereocenters. The van der Waals surface area contributed by atoms with Crippen molar-refractivity contribution in [2.75, 3.05) is 32.9 Å². The number of hydrogen-bond donors (Lipinski definition) is 1. The number of alkyl carbamates (subject to hydrolysis) is 1. The van der Waals surface area contributed by atoms with Gasteiger partial charge in [0.15, 0.2) is 5.78 Å².